The summed E-state index contributed by atoms with van der Waals surface area (Å²) < 4.78 is 10.9. The van der Waals surface area contributed by atoms with Crippen molar-refractivity contribution < 1.29 is 25.8 Å². The van der Waals surface area contributed by atoms with Crippen molar-refractivity contribution in [1.29, 1.82) is 0 Å². The van der Waals surface area contributed by atoms with E-state index in [9.17, 15) is 0 Å². The van der Waals surface area contributed by atoms with Crippen LogP contribution in [-0.2, 0) is 21.1 Å². The first-order valence-electron chi connectivity index (χ1n) is 13.0. The monoisotopic (exact) mass is 707 g/mol. The molecule has 8 rings (SSSR count). The molecule has 0 bridgehead atoms. The number of nitrogens with zero attached hydrogens (tertiary/aromatic N) is 2. The Morgan fingerprint density at radius 2 is 1.07 bits per heavy atom. The van der Waals surface area contributed by atoms with Gasteiger partial charge in [0.1, 0.15) is 5.75 Å². The van der Waals surface area contributed by atoms with Gasteiger partial charge in [0.2, 0.25) is 0 Å². The molecule has 0 radical (unpaired) electrons. The second-order valence-electron chi connectivity index (χ2n) is 9.57. The average molecular weight is 708 g/mol. The molecule has 0 aliphatic carbocycles. The van der Waals surface area contributed by atoms with E-state index in [4.69, 9.17) is 4.74 Å². The van der Waals surface area contributed by atoms with Crippen LogP contribution in [0.25, 0.3) is 55.0 Å². The smallest absolute Gasteiger partial charge is 0.483 e. The van der Waals surface area contributed by atoms with Gasteiger partial charge in [0, 0.05) is 28.1 Å². The first-order valence-corrected chi connectivity index (χ1v) is 13.0. The van der Waals surface area contributed by atoms with Crippen LogP contribution in [0.5, 0.6) is 11.5 Å². The van der Waals surface area contributed by atoms with Gasteiger partial charge in [-0.1, -0.05) is 53.3 Å². The van der Waals surface area contributed by atoms with Crippen molar-refractivity contribution in [2.75, 3.05) is 0 Å². The van der Waals surface area contributed by atoms with Crippen molar-refractivity contribution in [2.24, 2.45) is 0 Å². The summed E-state index contributed by atoms with van der Waals surface area (Å²) in [6.45, 7) is 0. The zero-order chi connectivity index (χ0) is 25.8. The van der Waals surface area contributed by atoms with Crippen LogP contribution in [0, 0.1) is 25.6 Å². The molecule has 41 heavy (non-hydrogen) atoms. The van der Waals surface area contributed by atoms with Crippen LogP contribution >= 0.6 is 0 Å². The van der Waals surface area contributed by atoms with Crippen LogP contribution < -0.4 is 4.74 Å². The molecule has 4 heteroatoms. The van der Waals surface area contributed by atoms with Gasteiger partial charge in [0.05, 0.1) is 11.0 Å². The van der Waals surface area contributed by atoms with E-state index in [1.807, 2.05) is 48.5 Å². The molecule has 8 aromatic rings. The van der Waals surface area contributed by atoms with E-state index < -0.39 is 0 Å². The number of para-hydroxylation sites is 4. The van der Waals surface area contributed by atoms with Crippen LogP contribution in [0.3, 0.4) is 0 Å². The second-order valence-corrected chi connectivity index (χ2v) is 9.57. The molecule has 3 nitrogen and oxygen atoms in total. The number of rotatable bonds is 4. The Morgan fingerprint density at radius 3 is 1.76 bits per heavy atom. The molecule has 0 fully saturated rings. The summed E-state index contributed by atoms with van der Waals surface area (Å²) >= 11 is 0. The normalized spacial score (nSPS) is 11.0. The number of fused-ring (bicyclic) bond motifs is 6. The first kappa shape index (κ1) is 26.6. The number of ether oxygens (including phenoxy) is 1. The second kappa shape index (κ2) is 10.8. The van der Waals surface area contributed by atoms with E-state index in [0.717, 1.165) is 44.6 Å². The van der Waals surface area contributed by atoms with Gasteiger partial charge >= 0.3 is 21.1 Å². The van der Waals surface area contributed by atoms with Crippen molar-refractivity contribution in [2.45, 2.75) is 0 Å². The van der Waals surface area contributed by atoms with Crippen LogP contribution in [-0.4, -0.2) is 9.13 Å². The maximum Gasteiger partial charge on any atom is 4.00 e. The topological polar surface area (TPSA) is 19.1 Å². The van der Waals surface area contributed by atoms with Gasteiger partial charge < -0.3 is 21.3 Å². The van der Waals surface area contributed by atoms with Crippen molar-refractivity contribution >= 4 is 43.6 Å². The summed E-state index contributed by atoms with van der Waals surface area (Å²) in [5.74, 6) is 1.42. The minimum atomic E-state index is 0. The van der Waals surface area contributed by atoms with Crippen molar-refractivity contribution in [3.8, 4) is 22.9 Å². The maximum atomic E-state index is 6.47. The Kier molecular flexibility index (Phi) is 6.99. The molecule has 0 N–H and O–H groups in total. The van der Waals surface area contributed by atoms with Crippen molar-refractivity contribution in [3.63, 3.8) is 0 Å². The van der Waals surface area contributed by atoms with Gasteiger partial charge in [-0.05, 0) is 29.7 Å². The molecule has 0 aliphatic rings. The molecule has 0 unspecified atom stereocenters. The fourth-order valence-corrected chi connectivity index (χ4v) is 5.63. The molecule has 0 spiro atoms. The van der Waals surface area contributed by atoms with Gasteiger partial charge in [0.25, 0.3) is 0 Å². The van der Waals surface area contributed by atoms with Gasteiger partial charge in [-0.25, -0.2) is 0 Å². The van der Waals surface area contributed by atoms with Crippen molar-refractivity contribution in [1.82, 2.24) is 9.13 Å². The Bertz CT molecular complexity index is 1990. The van der Waals surface area contributed by atoms with E-state index >= 15 is 0 Å². The predicted octanol–water partition coefficient (Wildman–Crippen LogP) is 9.52. The summed E-state index contributed by atoms with van der Waals surface area (Å²) in [5, 5.41) is 4.69. The zero-order valence-electron chi connectivity index (χ0n) is 22.2. The largest absolute Gasteiger partial charge is 4.00 e. The zero-order valence-corrected chi connectivity index (χ0v) is 24.5. The summed E-state index contributed by atoms with van der Waals surface area (Å²) in [6, 6.07) is 53.7. The maximum absolute atomic E-state index is 6.47. The molecule has 0 saturated heterocycles. The molecule has 0 aliphatic heterocycles. The molecule has 0 saturated carbocycles. The third-order valence-electron chi connectivity index (χ3n) is 7.30. The van der Waals surface area contributed by atoms with Crippen LogP contribution in [0.15, 0.2) is 127 Å². The molecular weight excluding hydrogens is 683 g/mol. The standard InChI is InChI=1S/C36H21N2O.CH3.Pt/c1-3-11-25(12-4-1)37-33-17-9-7-15-29(33)31-21-19-27(23-35(31)37)39-28-20-22-32-30-16-8-10-18-34(30)38(36(32)24-28)26-13-5-2-6-14-26;;/h1-11,13,15-23H;1H3;/q-3;-1;+4. The third kappa shape index (κ3) is 4.34. The Labute approximate surface area is 253 Å². The fraction of sp³-hybridized carbons (Fsp3) is 0. The minimum Gasteiger partial charge on any atom is -0.483 e. The predicted molar refractivity (Wildman–Crippen MR) is 165 cm³/mol. The van der Waals surface area contributed by atoms with E-state index in [1.165, 1.54) is 16.2 Å². The Balaban J connectivity index is 0.00000151. The van der Waals surface area contributed by atoms with E-state index in [-0.39, 0.29) is 28.5 Å². The molecule has 2 aromatic heterocycles. The third-order valence-corrected chi connectivity index (χ3v) is 7.30. The molecule has 6 aromatic carbocycles. The molecule has 2 heterocycles. The summed E-state index contributed by atoms with van der Waals surface area (Å²) in [4.78, 5) is 0. The number of benzene rings is 6. The van der Waals surface area contributed by atoms with Crippen LogP contribution in [0.4, 0.5) is 0 Å². The van der Waals surface area contributed by atoms with Gasteiger partial charge in [-0.15, -0.1) is 29.7 Å². The summed E-state index contributed by atoms with van der Waals surface area (Å²) in [5.41, 5.74) is 6.27. The van der Waals surface area contributed by atoms with Gasteiger partial charge in [-0.3, -0.25) is 0 Å². The van der Waals surface area contributed by atoms with E-state index in [0.29, 0.717) is 5.75 Å². The van der Waals surface area contributed by atoms with Crippen LogP contribution in [0.1, 0.15) is 0 Å². The molecule has 198 valence electrons. The van der Waals surface area contributed by atoms with Crippen molar-refractivity contribution in [3.05, 3.63) is 153 Å². The number of hydrogen-bond acceptors (Lipinski definition) is 1. The quantitative estimate of drug-likeness (QED) is 0.167. The minimum absolute atomic E-state index is 0. The Hall–Kier alpha value is -4.59. The molecule has 0 amide bonds. The summed E-state index contributed by atoms with van der Waals surface area (Å²) in [6.07, 6.45) is 0. The molecule has 0 atom stereocenters. The Morgan fingerprint density at radius 1 is 0.512 bits per heavy atom. The van der Waals surface area contributed by atoms with Crippen LogP contribution in [0.2, 0.25) is 0 Å². The van der Waals surface area contributed by atoms with Gasteiger partial charge in [0.15, 0.2) is 0 Å². The molecular formula is C37H24N2OPt. The summed E-state index contributed by atoms with van der Waals surface area (Å²) in [7, 11) is 0. The SMILES string of the molecule is [CH3-].[Pt+4].[c-]1ccccc1-n1c2[c-]c(Oc3ccc4c5ccccc5n(-c5[c-]cccc5)c4c3)ccc2c2ccccc21. The number of aromatic nitrogens is 2. The number of hydrogen-bond donors (Lipinski definition) is 0. The average Bonchev–Trinajstić information content (AvgIpc) is 3.50. The van der Waals surface area contributed by atoms with Gasteiger partial charge in [-0.2, -0.15) is 54.6 Å². The fourth-order valence-electron chi connectivity index (χ4n) is 5.63. The van der Waals surface area contributed by atoms with E-state index in [1.54, 1.807) is 0 Å². The van der Waals surface area contributed by atoms with E-state index in [2.05, 4.69) is 106 Å². The first-order chi connectivity index (χ1) is 19.3.